The second kappa shape index (κ2) is 3.75. The van der Waals surface area contributed by atoms with Gasteiger partial charge in [0.1, 0.15) is 0 Å². The zero-order valence-corrected chi connectivity index (χ0v) is 7.60. The summed E-state index contributed by atoms with van der Waals surface area (Å²) >= 11 is 0. The number of anilines is 1. The van der Waals surface area contributed by atoms with Crippen molar-refractivity contribution in [3.05, 3.63) is 24.3 Å². The highest BCUT2D eigenvalue weighted by atomic mass is 35.5. The number of hydrogen-bond acceptors (Lipinski definition) is 3. The van der Waals surface area contributed by atoms with Crippen LogP contribution in [0, 0.1) is 0 Å². The highest BCUT2D eigenvalue weighted by Gasteiger charge is 2.07. The largest absolute Gasteiger partial charge is 0.399 e. The van der Waals surface area contributed by atoms with E-state index >= 15 is 0 Å². The zero-order chi connectivity index (χ0) is 8.48. The molecule has 0 heterocycles. The Kier molecular flexibility index (Phi) is 3.51. The van der Waals surface area contributed by atoms with Crippen LogP contribution in [0.25, 0.3) is 0 Å². The van der Waals surface area contributed by atoms with Crippen LogP contribution in [0.1, 0.15) is 0 Å². The number of nitrogen functional groups attached to an aromatic ring is 1. The normalized spacial score (nSPS) is 10.4. The Labute approximate surface area is 76.6 Å². The molecule has 0 saturated carbocycles. The van der Waals surface area contributed by atoms with Gasteiger partial charge in [-0.3, -0.25) is 4.55 Å². The summed E-state index contributed by atoms with van der Waals surface area (Å²) in [4.78, 5) is -0.183. The summed E-state index contributed by atoms with van der Waals surface area (Å²) in [7, 11) is -4.11. The van der Waals surface area contributed by atoms with E-state index in [0.29, 0.717) is 5.69 Å². The van der Waals surface area contributed by atoms with Crippen molar-refractivity contribution >= 4 is 28.2 Å². The number of nitrogens with two attached hydrogens (primary N) is 1. The van der Waals surface area contributed by atoms with Crippen molar-refractivity contribution in [2.24, 2.45) is 0 Å². The van der Waals surface area contributed by atoms with E-state index < -0.39 is 10.1 Å². The lowest BCUT2D eigenvalue weighted by atomic mass is 10.3. The first-order valence-corrected chi connectivity index (χ1v) is 4.27. The topological polar surface area (TPSA) is 80.4 Å². The van der Waals surface area contributed by atoms with Crippen LogP contribution in [-0.4, -0.2) is 13.0 Å². The molecule has 1 rings (SSSR count). The van der Waals surface area contributed by atoms with Gasteiger partial charge in [0.05, 0.1) is 4.90 Å². The van der Waals surface area contributed by atoms with Gasteiger partial charge in [0, 0.05) is 5.69 Å². The third kappa shape index (κ3) is 2.69. The summed E-state index contributed by atoms with van der Waals surface area (Å²) in [6.45, 7) is 0. The van der Waals surface area contributed by atoms with E-state index in [9.17, 15) is 8.42 Å². The van der Waals surface area contributed by atoms with Crippen LogP contribution in [0.4, 0.5) is 5.69 Å². The first-order valence-electron chi connectivity index (χ1n) is 2.83. The standard InChI is InChI=1S/C6H7NO3S.ClH/c7-5-2-1-3-6(4-5)11(8,9)10;/h1-4H,7H2,(H,8,9,10);1H. The van der Waals surface area contributed by atoms with Crippen molar-refractivity contribution in [1.82, 2.24) is 0 Å². The summed E-state index contributed by atoms with van der Waals surface area (Å²) in [5, 5.41) is 0. The monoisotopic (exact) mass is 209 g/mol. The fourth-order valence-corrected chi connectivity index (χ4v) is 1.21. The number of hydrogen-bond donors (Lipinski definition) is 2. The van der Waals surface area contributed by atoms with E-state index in [1.54, 1.807) is 0 Å². The van der Waals surface area contributed by atoms with Crippen LogP contribution < -0.4 is 5.73 Å². The van der Waals surface area contributed by atoms with Crippen LogP contribution in [0.5, 0.6) is 0 Å². The average molecular weight is 210 g/mol. The summed E-state index contributed by atoms with van der Waals surface area (Å²) < 4.78 is 29.5. The minimum absolute atomic E-state index is 0. The molecule has 0 saturated heterocycles. The van der Waals surface area contributed by atoms with Gasteiger partial charge in [-0.15, -0.1) is 12.4 Å². The predicted molar refractivity (Wildman–Crippen MR) is 47.9 cm³/mol. The molecule has 0 fully saturated rings. The van der Waals surface area contributed by atoms with E-state index in [4.69, 9.17) is 10.3 Å². The fraction of sp³-hybridized carbons (Fsp3) is 0. The Morgan fingerprint density at radius 2 is 1.92 bits per heavy atom. The molecule has 0 amide bonds. The molecule has 68 valence electrons. The van der Waals surface area contributed by atoms with Gasteiger partial charge in [-0.25, -0.2) is 0 Å². The van der Waals surface area contributed by atoms with Crippen molar-refractivity contribution in [1.29, 1.82) is 0 Å². The Morgan fingerprint density at radius 3 is 2.25 bits per heavy atom. The van der Waals surface area contributed by atoms with Crippen molar-refractivity contribution in [3.8, 4) is 0 Å². The van der Waals surface area contributed by atoms with Gasteiger partial charge < -0.3 is 5.73 Å². The van der Waals surface area contributed by atoms with E-state index in [1.807, 2.05) is 0 Å². The van der Waals surface area contributed by atoms with Crippen LogP contribution >= 0.6 is 12.4 Å². The molecule has 4 nitrogen and oxygen atoms in total. The van der Waals surface area contributed by atoms with Gasteiger partial charge in [-0.1, -0.05) is 6.07 Å². The van der Waals surface area contributed by atoms with E-state index in [2.05, 4.69) is 0 Å². The van der Waals surface area contributed by atoms with E-state index in [0.717, 1.165) is 0 Å². The van der Waals surface area contributed by atoms with Crippen LogP contribution in [0.2, 0.25) is 0 Å². The Bertz CT molecular complexity index is 363. The van der Waals surface area contributed by atoms with Crippen LogP contribution in [0.3, 0.4) is 0 Å². The van der Waals surface area contributed by atoms with Gasteiger partial charge in [0.25, 0.3) is 10.1 Å². The highest BCUT2D eigenvalue weighted by Crippen LogP contribution is 2.11. The lowest BCUT2D eigenvalue weighted by Gasteiger charge is -1.96. The number of rotatable bonds is 1. The molecule has 0 unspecified atom stereocenters. The molecule has 0 radical (unpaired) electrons. The average Bonchev–Trinajstić information content (AvgIpc) is 1.86. The van der Waals surface area contributed by atoms with E-state index in [-0.39, 0.29) is 17.3 Å². The lowest BCUT2D eigenvalue weighted by Crippen LogP contribution is -1.98. The van der Waals surface area contributed by atoms with Crippen LogP contribution in [-0.2, 0) is 10.1 Å². The summed E-state index contributed by atoms with van der Waals surface area (Å²) in [6.07, 6.45) is 0. The van der Waals surface area contributed by atoms with Crippen LogP contribution in [0.15, 0.2) is 29.2 Å². The number of halogens is 1. The maximum absolute atomic E-state index is 10.5. The quantitative estimate of drug-likeness (QED) is 0.533. The molecule has 12 heavy (non-hydrogen) atoms. The molecule has 3 N–H and O–H groups in total. The Hall–Kier alpha value is -0.780. The van der Waals surface area contributed by atoms with Gasteiger partial charge >= 0.3 is 0 Å². The van der Waals surface area contributed by atoms with Crippen molar-refractivity contribution in [3.63, 3.8) is 0 Å². The second-order valence-electron chi connectivity index (χ2n) is 2.05. The van der Waals surface area contributed by atoms with Gasteiger partial charge in [0.15, 0.2) is 0 Å². The van der Waals surface area contributed by atoms with Crippen molar-refractivity contribution in [2.45, 2.75) is 4.90 Å². The molecule has 0 bridgehead atoms. The van der Waals surface area contributed by atoms with Crippen molar-refractivity contribution in [2.75, 3.05) is 5.73 Å². The third-order valence-corrected chi connectivity index (χ3v) is 2.01. The van der Waals surface area contributed by atoms with Gasteiger partial charge in [-0.2, -0.15) is 8.42 Å². The molecule has 0 aromatic heterocycles. The predicted octanol–water partition coefficient (Wildman–Crippen LogP) is 0.937. The molecule has 0 aliphatic carbocycles. The van der Waals surface area contributed by atoms with Gasteiger partial charge in [0.2, 0.25) is 0 Å². The molecular formula is C6H8ClNO3S. The van der Waals surface area contributed by atoms with Crippen molar-refractivity contribution < 1.29 is 13.0 Å². The Morgan fingerprint density at radius 1 is 1.33 bits per heavy atom. The molecule has 1 aromatic rings. The molecule has 0 aliphatic heterocycles. The van der Waals surface area contributed by atoms with Gasteiger partial charge in [-0.05, 0) is 18.2 Å². The Balaban J connectivity index is 0.00000121. The highest BCUT2D eigenvalue weighted by molar-refractivity contribution is 7.85. The van der Waals surface area contributed by atoms with E-state index in [1.165, 1.54) is 24.3 Å². The molecule has 0 atom stereocenters. The first kappa shape index (κ1) is 11.2. The molecule has 0 spiro atoms. The zero-order valence-electron chi connectivity index (χ0n) is 5.97. The first-order chi connectivity index (χ1) is 5.00. The molecular weight excluding hydrogens is 202 g/mol. The minimum Gasteiger partial charge on any atom is -0.399 e. The minimum atomic E-state index is -4.11. The SMILES string of the molecule is Cl.Nc1cccc(S(=O)(=O)O)c1. The third-order valence-electron chi connectivity index (χ3n) is 1.16. The fourth-order valence-electron chi connectivity index (χ4n) is 0.675. The number of benzene rings is 1. The second-order valence-corrected chi connectivity index (χ2v) is 3.47. The lowest BCUT2D eigenvalue weighted by molar-refractivity contribution is 0.483. The summed E-state index contributed by atoms with van der Waals surface area (Å²) in [5.74, 6) is 0. The maximum Gasteiger partial charge on any atom is 0.294 e. The molecule has 1 aromatic carbocycles. The maximum atomic E-state index is 10.5. The molecule has 6 heteroatoms. The summed E-state index contributed by atoms with van der Waals surface area (Å²) in [6, 6.07) is 5.45. The summed E-state index contributed by atoms with van der Waals surface area (Å²) in [5.41, 5.74) is 5.59. The smallest absolute Gasteiger partial charge is 0.294 e. The molecule has 0 aliphatic rings.